The molecule has 0 aliphatic rings. The zero-order valence-corrected chi connectivity index (χ0v) is 18.5. The number of nitrogens with zero attached hydrogens (tertiary/aromatic N) is 1. The Bertz CT molecular complexity index is 246. The summed E-state index contributed by atoms with van der Waals surface area (Å²) < 4.78 is 0.967. The summed E-state index contributed by atoms with van der Waals surface area (Å²) in [6, 6.07) is 0. The number of likely N-dealkylation sites (N-methyl/N-ethyl adjacent to an activating group) is 1. The SMILES string of the molecule is CCCCCCCCCCCCCCCCCC[N+](C)(C)CCO.[Cl-]. The number of halogens is 1. The third kappa shape index (κ3) is 22.2. The first-order valence-corrected chi connectivity index (χ1v) is 11.1. The van der Waals surface area contributed by atoms with Crippen LogP contribution in [0.5, 0.6) is 0 Å². The number of hydrogen-bond acceptors (Lipinski definition) is 1. The molecule has 0 fully saturated rings. The summed E-state index contributed by atoms with van der Waals surface area (Å²) >= 11 is 0. The van der Waals surface area contributed by atoms with E-state index in [2.05, 4.69) is 21.0 Å². The molecule has 0 aromatic heterocycles. The number of aliphatic hydroxyl groups is 1. The minimum atomic E-state index is 0. The van der Waals surface area contributed by atoms with Gasteiger partial charge in [-0.1, -0.05) is 96.8 Å². The van der Waals surface area contributed by atoms with E-state index in [0.717, 1.165) is 11.0 Å². The van der Waals surface area contributed by atoms with Crippen LogP contribution in [0, 0.1) is 0 Å². The van der Waals surface area contributed by atoms with Crippen LogP contribution < -0.4 is 12.4 Å². The van der Waals surface area contributed by atoms with E-state index < -0.39 is 0 Å². The molecular weight excluding hydrogens is 330 g/mol. The monoisotopic (exact) mass is 377 g/mol. The van der Waals surface area contributed by atoms with E-state index in [4.69, 9.17) is 5.11 Å². The lowest BCUT2D eigenvalue weighted by atomic mass is 10.0. The Balaban J connectivity index is 0. The van der Waals surface area contributed by atoms with Crippen molar-refractivity contribution in [3.8, 4) is 0 Å². The van der Waals surface area contributed by atoms with Crippen molar-refractivity contribution in [1.82, 2.24) is 0 Å². The van der Waals surface area contributed by atoms with Crippen LogP contribution in [0.1, 0.15) is 110 Å². The average Bonchev–Trinajstić information content (AvgIpc) is 2.54. The second-order valence-electron chi connectivity index (χ2n) is 8.41. The fourth-order valence-electron chi connectivity index (χ4n) is 3.47. The fraction of sp³-hybridized carbons (Fsp3) is 1.00. The summed E-state index contributed by atoms with van der Waals surface area (Å²) in [5.41, 5.74) is 0. The smallest absolute Gasteiger partial charge is 0.102 e. The van der Waals surface area contributed by atoms with Gasteiger partial charge in [0.15, 0.2) is 0 Å². The van der Waals surface area contributed by atoms with E-state index in [0.29, 0.717) is 6.61 Å². The molecule has 0 saturated heterocycles. The predicted molar refractivity (Wildman–Crippen MR) is 108 cm³/mol. The molecule has 0 saturated carbocycles. The van der Waals surface area contributed by atoms with Crippen LogP contribution in [0.25, 0.3) is 0 Å². The third-order valence-corrected chi connectivity index (χ3v) is 5.32. The molecule has 0 rings (SSSR count). The van der Waals surface area contributed by atoms with Crippen LogP contribution in [0.3, 0.4) is 0 Å². The highest BCUT2D eigenvalue weighted by Crippen LogP contribution is 2.14. The highest BCUT2D eigenvalue weighted by atomic mass is 35.5. The first-order chi connectivity index (χ1) is 11.6. The number of rotatable bonds is 19. The van der Waals surface area contributed by atoms with E-state index in [1.807, 2.05) is 0 Å². The molecule has 1 N–H and O–H groups in total. The molecule has 0 amide bonds. The first-order valence-electron chi connectivity index (χ1n) is 11.1. The lowest BCUT2D eigenvalue weighted by molar-refractivity contribution is -0.890. The Morgan fingerprint density at radius 2 is 0.840 bits per heavy atom. The molecule has 0 aliphatic heterocycles. The number of hydrogen-bond donors (Lipinski definition) is 1. The second-order valence-corrected chi connectivity index (χ2v) is 8.41. The van der Waals surface area contributed by atoms with Crippen molar-refractivity contribution in [3.63, 3.8) is 0 Å². The largest absolute Gasteiger partial charge is 1.00 e. The zero-order valence-electron chi connectivity index (χ0n) is 17.7. The van der Waals surface area contributed by atoms with Gasteiger partial charge in [-0.25, -0.2) is 0 Å². The Hall–Kier alpha value is 0.210. The van der Waals surface area contributed by atoms with Crippen LogP contribution >= 0.6 is 0 Å². The minimum Gasteiger partial charge on any atom is -1.00 e. The molecule has 3 heteroatoms. The van der Waals surface area contributed by atoms with Crippen molar-refractivity contribution in [1.29, 1.82) is 0 Å². The van der Waals surface area contributed by atoms with Crippen LogP contribution in [-0.2, 0) is 0 Å². The van der Waals surface area contributed by atoms with Crippen molar-refractivity contribution in [2.24, 2.45) is 0 Å². The molecule has 0 aromatic rings. The van der Waals surface area contributed by atoms with Gasteiger partial charge in [-0.05, 0) is 12.8 Å². The lowest BCUT2D eigenvalue weighted by Crippen LogP contribution is -3.00. The van der Waals surface area contributed by atoms with Gasteiger partial charge >= 0.3 is 0 Å². The van der Waals surface area contributed by atoms with Gasteiger partial charge in [0.05, 0.1) is 27.2 Å². The molecule has 0 heterocycles. The van der Waals surface area contributed by atoms with Gasteiger partial charge < -0.3 is 22.0 Å². The van der Waals surface area contributed by atoms with Gasteiger partial charge in [0.2, 0.25) is 0 Å². The van der Waals surface area contributed by atoms with Crippen molar-refractivity contribution < 1.29 is 22.0 Å². The molecule has 0 aromatic carbocycles. The van der Waals surface area contributed by atoms with Gasteiger partial charge in [-0.3, -0.25) is 0 Å². The van der Waals surface area contributed by atoms with Gasteiger partial charge in [0.25, 0.3) is 0 Å². The minimum absolute atomic E-state index is 0. The number of aliphatic hydroxyl groups excluding tert-OH is 1. The van der Waals surface area contributed by atoms with Crippen molar-refractivity contribution >= 4 is 0 Å². The van der Waals surface area contributed by atoms with Crippen LogP contribution in [-0.4, -0.2) is 43.4 Å². The van der Waals surface area contributed by atoms with E-state index in [-0.39, 0.29) is 12.4 Å². The van der Waals surface area contributed by atoms with Crippen molar-refractivity contribution in [3.05, 3.63) is 0 Å². The first kappa shape index (κ1) is 27.4. The molecule has 0 atom stereocenters. The van der Waals surface area contributed by atoms with Gasteiger partial charge in [0.1, 0.15) is 6.54 Å². The molecule has 25 heavy (non-hydrogen) atoms. The molecule has 0 unspecified atom stereocenters. The summed E-state index contributed by atoms with van der Waals surface area (Å²) in [6.07, 6.45) is 22.9. The summed E-state index contributed by atoms with van der Waals surface area (Å²) in [6.45, 7) is 4.70. The average molecular weight is 378 g/mol. The Morgan fingerprint density at radius 3 is 1.16 bits per heavy atom. The second kappa shape index (κ2) is 20.5. The molecule has 2 nitrogen and oxygen atoms in total. The van der Waals surface area contributed by atoms with Crippen molar-refractivity contribution in [2.45, 2.75) is 110 Å². The maximum atomic E-state index is 9.02. The number of quaternary nitrogens is 1. The highest BCUT2D eigenvalue weighted by Gasteiger charge is 2.12. The Labute approximate surface area is 165 Å². The van der Waals surface area contributed by atoms with E-state index >= 15 is 0 Å². The number of unbranched alkanes of at least 4 members (excludes halogenated alkanes) is 15. The summed E-state index contributed by atoms with van der Waals surface area (Å²) in [5, 5.41) is 9.02. The zero-order chi connectivity index (χ0) is 17.9. The fourth-order valence-corrected chi connectivity index (χ4v) is 3.47. The van der Waals surface area contributed by atoms with Crippen LogP contribution in [0.4, 0.5) is 0 Å². The predicted octanol–water partition coefficient (Wildman–Crippen LogP) is 3.32. The lowest BCUT2D eigenvalue weighted by Gasteiger charge is -2.28. The van der Waals surface area contributed by atoms with Crippen LogP contribution in [0.2, 0.25) is 0 Å². The standard InChI is InChI=1S/C22H48NO.ClH/c1-4-5-6-7-8-9-10-11-12-13-14-15-16-17-18-19-20-23(2,3)21-22-24;/h24H,4-22H2,1-3H3;1H/q+1;/p-1. The Kier molecular flexibility index (Phi) is 22.5. The molecule has 0 radical (unpaired) electrons. The molecular formula is C22H48ClNO. The molecule has 154 valence electrons. The molecule has 0 bridgehead atoms. The van der Waals surface area contributed by atoms with E-state index in [9.17, 15) is 0 Å². The van der Waals surface area contributed by atoms with Crippen molar-refractivity contribution in [2.75, 3.05) is 33.8 Å². The normalized spacial score (nSPS) is 11.5. The topological polar surface area (TPSA) is 20.2 Å². The van der Waals surface area contributed by atoms with E-state index in [1.165, 1.54) is 109 Å². The van der Waals surface area contributed by atoms with Gasteiger partial charge in [0, 0.05) is 0 Å². The van der Waals surface area contributed by atoms with Gasteiger partial charge in [-0.2, -0.15) is 0 Å². The molecule has 0 aliphatic carbocycles. The molecule has 0 spiro atoms. The summed E-state index contributed by atoms with van der Waals surface area (Å²) in [4.78, 5) is 0. The maximum Gasteiger partial charge on any atom is 0.102 e. The highest BCUT2D eigenvalue weighted by molar-refractivity contribution is 4.50. The summed E-state index contributed by atoms with van der Waals surface area (Å²) in [5.74, 6) is 0. The summed E-state index contributed by atoms with van der Waals surface area (Å²) in [7, 11) is 4.45. The Morgan fingerprint density at radius 1 is 0.520 bits per heavy atom. The third-order valence-electron chi connectivity index (χ3n) is 5.32. The maximum absolute atomic E-state index is 9.02. The van der Waals surface area contributed by atoms with Crippen LogP contribution in [0.15, 0.2) is 0 Å². The quantitative estimate of drug-likeness (QED) is 0.270. The van der Waals surface area contributed by atoms with E-state index in [1.54, 1.807) is 0 Å². The van der Waals surface area contributed by atoms with Gasteiger partial charge in [-0.15, -0.1) is 0 Å².